The molecule has 5 heteroatoms. The molecule has 4 atom stereocenters. The number of imide groups is 1. The zero-order valence-corrected chi connectivity index (χ0v) is 12.4. The van der Waals surface area contributed by atoms with Crippen LogP contribution in [0.15, 0.2) is 24.3 Å². The predicted octanol–water partition coefficient (Wildman–Crippen LogP) is 2.18. The molecule has 3 fully saturated rings. The molecule has 1 aromatic carbocycles. The summed E-state index contributed by atoms with van der Waals surface area (Å²) in [7, 11) is 0. The van der Waals surface area contributed by atoms with Gasteiger partial charge < -0.3 is 5.32 Å². The summed E-state index contributed by atoms with van der Waals surface area (Å²) in [6.45, 7) is 1.44. The first-order chi connectivity index (χ1) is 10.6. The van der Waals surface area contributed by atoms with Crippen LogP contribution >= 0.6 is 0 Å². The lowest BCUT2D eigenvalue weighted by molar-refractivity contribution is -0.123. The number of fused-ring (bicyclic) bond motifs is 5. The molecule has 1 N–H and O–H groups in total. The molecule has 4 rings (SSSR count). The second kappa shape index (κ2) is 4.66. The van der Waals surface area contributed by atoms with Crippen LogP contribution in [0, 0.1) is 23.7 Å². The fraction of sp³-hybridized carbons (Fsp3) is 0.471. The Bertz CT molecular complexity index is 639. The summed E-state index contributed by atoms with van der Waals surface area (Å²) in [6, 6.07) is 6.90. The standard InChI is InChI=1S/C17H18N2O3/c1-9(20)18-12-4-6-13(7-5-12)19-16(21)14-10-2-3-11(8-10)15(14)17(19)22/h4-7,10-11,14-15H,2-3,8H2,1H3,(H,18,20)/t10-,11-,14-,15+/m0/s1. The summed E-state index contributed by atoms with van der Waals surface area (Å²) in [5.74, 6) is 0.392. The summed E-state index contributed by atoms with van der Waals surface area (Å²) in [6.07, 6.45) is 3.21. The van der Waals surface area contributed by atoms with Gasteiger partial charge in [-0.05, 0) is 55.4 Å². The number of nitrogens with one attached hydrogen (secondary N) is 1. The van der Waals surface area contributed by atoms with Gasteiger partial charge in [0.1, 0.15) is 0 Å². The molecule has 1 saturated heterocycles. The van der Waals surface area contributed by atoms with Crippen LogP contribution in [-0.2, 0) is 14.4 Å². The van der Waals surface area contributed by atoms with E-state index in [0.717, 1.165) is 19.3 Å². The maximum atomic E-state index is 12.7. The van der Waals surface area contributed by atoms with Crippen molar-refractivity contribution in [2.45, 2.75) is 26.2 Å². The van der Waals surface area contributed by atoms with Gasteiger partial charge in [-0.3, -0.25) is 19.3 Å². The van der Waals surface area contributed by atoms with Crippen LogP contribution in [0.4, 0.5) is 11.4 Å². The monoisotopic (exact) mass is 298 g/mol. The first-order valence-corrected chi connectivity index (χ1v) is 7.81. The van der Waals surface area contributed by atoms with Gasteiger partial charge in [0.2, 0.25) is 17.7 Å². The van der Waals surface area contributed by atoms with E-state index in [0.29, 0.717) is 23.2 Å². The maximum absolute atomic E-state index is 12.7. The number of hydrogen-bond acceptors (Lipinski definition) is 3. The minimum Gasteiger partial charge on any atom is -0.326 e. The number of carbonyl (C=O) groups excluding carboxylic acids is 3. The SMILES string of the molecule is CC(=O)Nc1ccc(N2C(=O)[C@@H]3[C@H]4CC[C@@H](C4)[C@@H]3C2=O)cc1. The summed E-state index contributed by atoms with van der Waals surface area (Å²) < 4.78 is 0. The Labute approximate surface area is 128 Å². The van der Waals surface area contributed by atoms with Crippen molar-refractivity contribution in [1.82, 2.24) is 0 Å². The van der Waals surface area contributed by atoms with Gasteiger partial charge in [0.05, 0.1) is 17.5 Å². The van der Waals surface area contributed by atoms with Crippen LogP contribution in [-0.4, -0.2) is 17.7 Å². The van der Waals surface area contributed by atoms with Crippen molar-refractivity contribution in [3.63, 3.8) is 0 Å². The first-order valence-electron chi connectivity index (χ1n) is 7.81. The Morgan fingerprint density at radius 2 is 1.59 bits per heavy atom. The number of rotatable bonds is 2. The average molecular weight is 298 g/mol. The molecule has 5 nitrogen and oxygen atoms in total. The smallest absolute Gasteiger partial charge is 0.237 e. The average Bonchev–Trinajstić information content (AvgIpc) is 3.14. The predicted molar refractivity (Wildman–Crippen MR) is 81.0 cm³/mol. The van der Waals surface area contributed by atoms with E-state index in [2.05, 4.69) is 5.32 Å². The van der Waals surface area contributed by atoms with E-state index in [9.17, 15) is 14.4 Å². The molecule has 2 saturated carbocycles. The second-order valence-electron chi connectivity index (χ2n) is 6.62. The molecule has 0 unspecified atom stereocenters. The zero-order valence-electron chi connectivity index (χ0n) is 12.4. The quantitative estimate of drug-likeness (QED) is 0.851. The largest absolute Gasteiger partial charge is 0.326 e. The Hall–Kier alpha value is -2.17. The molecule has 3 aliphatic rings. The van der Waals surface area contributed by atoms with Crippen molar-refractivity contribution >= 4 is 29.1 Å². The van der Waals surface area contributed by atoms with Crippen molar-refractivity contribution in [3.05, 3.63) is 24.3 Å². The van der Waals surface area contributed by atoms with Gasteiger partial charge in [-0.15, -0.1) is 0 Å². The molecule has 114 valence electrons. The van der Waals surface area contributed by atoms with Crippen LogP contribution < -0.4 is 10.2 Å². The zero-order chi connectivity index (χ0) is 15.4. The number of amides is 3. The van der Waals surface area contributed by atoms with Crippen LogP contribution in [0.1, 0.15) is 26.2 Å². The van der Waals surface area contributed by atoms with Crippen molar-refractivity contribution in [3.8, 4) is 0 Å². The van der Waals surface area contributed by atoms with Crippen LogP contribution in [0.2, 0.25) is 0 Å². The number of nitrogens with zero attached hydrogens (tertiary/aromatic N) is 1. The molecule has 1 heterocycles. The highest BCUT2D eigenvalue weighted by Gasteiger charge is 2.61. The van der Waals surface area contributed by atoms with Gasteiger partial charge in [0.25, 0.3) is 0 Å². The van der Waals surface area contributed by atoms with Gasteiger partial charge in [0, 0.05) is 12.6 Å². The Morgan fingerprint density at radius 3 is 2.09 bits per heavy atom. The molecule has 2 aliphatic carbocycles. The van der Waals surface area contributed by atoms with E-state index in [4.69, 9.17) is 0 Å². The van der Waals surface area contributed by atoms with E-state index in [-0.39, 0.29) is 29.6 Å². The normalized spacial score (nSPS) is 32.5. The number of benzene rings is 1. The molecule has 22 heavy (non-hydrogen) atoms. The molecule has 0 spiro atoms. The fourth-order valence-corrected chi connectivity index (χ4v) is 4.56. The topological polar surface area (TPSA) is 66.5 Å². The Balaban J connectivity index is 1.62. The molecule has 1 aromatic rings. The van der Waals surface area contributed by atoms with Crippen molar-refractivity contribution in [1.29, 1.82) is 0 Å². The van der Waals surface area contributed by atoms with E-state index in [1.807, 2.05) is 0 Å². The summed E-state index contributed by atoms with van der Waals surface area (Å²) >= 11 is 0. The van der Waals surface area contributed by atoms with Crippen LogP contribution in [0.5, 0.6) is 0 Å². The maximum Gasteiger partial charge on any atom is 0.237 e. The van der Waals surface area contributed by atoms with E-state index >= 15 is 0 Å². The van der Waals surface area contributed by atoms with Crippen LogP contribution in [0.25, 0.3) is 0 Å². The number of anilines is 2. The highest BCUT2D eigenvalue weighted by Crippen LogP contribution is 2.56. The highest BCUT2D eigenvalue weighted by molar-refractivity contribution is 6.22. The highest BCUT2D eigenvalue weighted by atomic mass is 16.2. The van der Waals surface area contributed by atoms with E-state index in [1.54, 1.807) is 24.3 Å². The molecule has 3 amide bonds. The molecule has 0 aromatic heterocycles. The Morgan fingerprint density at radius 1 is 1.05 bits per heavy atom. The third kappa shape index (κ3) is 1.81. The van der Waals surface area contributed by atoms with Gasteiger partial charge in [-0.2, -0.15) is 0 Å². The van der Waals surface area contributed by atoms with Gasteiger partial charge >= 0.3 is 0 Å². The van der Waals surface area contributed by atoms with E-state index < -0.39 is 0 Å². The second-order valence-corrected chi connectivity index (χ2v) is 6.62. The van der Waals surface area contributed by atoms with Crippen molar-refractivity contribution in [2.24, 2.45) is 23.7 Å². The number of carbonyl (C=O) groups is 3. The minimum atomic E-state index is -0.146. The molecular weight excluding hydrogens is 280 g/mol. The van der Waals surface area contributed by atoms with E-state index in [1.165, 1.54) is 11.8 Å². The van der Waals surface area contributed by atoms with Crippen LogP contribution in [0.3, 0.4) is 0 Å². The lowest BCUT2D eigenvalue weighted by Crippen LogP contribution is -2.32. The summed E-state index contributed by atoms with van der Waals surface area (Å²) in [5.41, 5.74) is 1.27. The summed E-state index contributed by atoms with van der Waals surface area (Å²) in [5, 5.41) is 2.68. The summed E-state index contributed by atoms with van der Waals surface area (Å²) in [4.78, 5) is 37.8. The molecule has 0 radical (unpaired) electrons. The fourth-order valence-electron chi connectivity index (χ4n) is 4.56. The Kier molecular flexibility index (Phi) is 2.86. The number of hydrogen-bond donors (Lipinski definition) is 1. The van der Waals surface area contributed by atoms with Gasteiger partial charge in [-0.25, -0.2) is 0 Å². The van der Waals surface area contributed by atoms with Gasteiger partial charge in [-0.1, -0.05) is 0 Å². The minimum absolute atomic E-state index is 0.0329. The first kappa shape index (κ1) is 13.5. The lowest BCUT2D eigenvalue weighted by atomic mass is 9.81. The third-order valence-electron chi connectivity index (χ3n) is 5.37. The molecular formula is C17H18N2O3. The van der Waals surface area contributed by atoms with Gasteiger partial charge in [0.15, 0.2) is 0 Å². The third-order valence-corrected chi connectivity index (χ3v) is 5.37. The lowest BCUT2D eigenvalue weighted by Gasteiger charge is -2.19. The molecule has 2 bridgehead atoms. The van der Waals surface area contributed by atoms with Crippen molar-refractivity contribution in [2.75, 3.05) is 10.2 Å². The molecule has 1 aliphatic heterocycles. The van der Waals surface area contributed by atoms with Crippen molar-refractivity contribution < 1.29 is 14.4 Å².